The summed E-state index contributed by atoms with van der Waals surface area (Å²) in [4.78, 5) is 25.1. The predicted octanol–water partition coefficient (Wildman–Crippen LogP) is 5.20. The standard InChI is InChI=1S/C36H39F2N7O2/c1-24-7-4-8-26-9-5-10-31(32(24)26)43-16-12-28-30(21-43)41-34(47-23-36(38)13-6-15-42(3)22-36)29(19-40)33(28)44-17-18-45(35(46)25(2)37)27(20-44)11-14-39/h4-5,7-10,27H,2,6,11-13,15-18,20-23H2,1,3H3. The van der Waals surface area contributed by atoms with Crippen LogP contribution >= 0.6 is 0 Å². The first-order valence-electron chi connectivity index (χ1n) is 16.1. The number of nitrogens with zero attached hydrogens (tertiary/aromatic N) is 7. The number of rotatable bonds is 7. The van der Waals surface area contributed by atoms with E-state index in [9.17, 15) is 19.7 Å². The van der Waals surface area contributed by atoms with E-state index >= 15 is 4.39 Å². The summed E-state index contributed by atoms with van der Waals surface area (Å²) in [7, 11) is 1.88. The Morgan fingerprint density at radius 2 is 1.94 bits per heavy atom. The Morgan fingerprint density at radius 3 is 2.66 bits per heavy atom. The van der Waals surface area contributed by atoms with E-state index in [-0.39, 0.29) is 44.1 Å². The fraction of sp³-hybridized carbons (Fsp3) is 0.444. The Balaban J connectivity index is 1.41. The van der Waals surface area contributed by atoms with Crippen molar-refractivity contribution >= 4 is 28.1 Å². The average Bonchev–Trinajstić information content (AvgIpc) is 3.06. The number of piperidine rings is 1. The second-order valence-corrected chi connectivity index (χ2v) is 12.9. The lowest BCUT2D eigenvalue weighted by atomic mass is 9.95. The zero-order chi connectivity index (χ0) is 33.3. The van der Waals surface area contributed by atoms with Crippen molar-refractivity contribution in [1.82, 2.24) is 14.8 Å². The van der Waals surface area contributed by atoms with Crippen LogP contribution in [-0.2, 0) is 17.8 Å². The van der Waals surface area contributed by atoms with Gasteiger partial charge in [0.05, 0.1) is 36.5 Å². The SMILES string of the molecule is C=C(F)C(=O)N1CCN(c2c(C#N)c(OCC3(F)CCCN(C)C3)nc3c2CCN(c2cccc4cccc(C)c24)C3)CC1CC#N. The molecule has 2 unspecified atom stereocenters. The highest BCUT2D eigenvalue weighted by Gasteiger charge is 2.38. The van der Waals surface area contributed by atoms with Gasteiger partial charge in [-0.05, 0) is 56.8 Å². The number of aromatic nitrogens is 1. The van der Waals surface area contributed by atoms with Crippen LogP contribution in [0.25, 0.3) is 10.8 Å². The van der Waals surface area contributed by atoms with Gasteiger partial charge in [0.15, 0.2) is 11.5 Å². The van der Waals surface area contributed by atoms with Gasteiger partial charge in [0.1, 0.15) is 18.2 Å². The number of pyridine rings is 1. The minimum Gasteiger partial charge on any atom is -0.473 e. The quantitative estimate of drug-likeness (QED) is 0.325. The molecule has 3 aliphatic rings. The molecular formula is C36H39F2N7O2. The van der Waals surface area contributed by atoms with Crippen molar-refractivity contribution in [2.75, 3.05) is 62.7 Å². The smallest absolute Gasteiger partial charge is 0.282 e. The normalized spacial score (nSPS) is 21.6. The van der Waals surface area contributed by atoms with Crippen molar-refractivity contribution in [3.05, 3.63) is 71.2 Å². The van der Waals surface area contributed by atoms with Gasteiger partial charge in [-0.3, -0.25) is 4.79 Å². The maximum Gasteiger partial charge on any atom is 0.282 e. The first-order valence-corrected chi connectivity index (χ1v) is 16.1. The highest BCUT2D eigenvalue weighted by molar-refractivity contribution is 5.97. The maximum absolute atomic E-state index is 15.9. The van der Waals surface area contributed by atoms with Crippen LogP contribution in [-0.4, -0.2) is 85.3 Å². The summed E-state index contributed by atoms with van der Waals surface area (Å²) in [6, 6.07) is 16.3. The molecule has 1 aromatic heterocycles. The topological polar surface area (TPSA) is 99.7 Å². The van der Waals surface area contributed by atoms with Crippen LogP contribution in [0, 0.1) is 29.6 Å². The Bertz CT molecular complexity index is 1800. The molecule has 2 aromatic carbocycles. The van der Waals surface area contributed by atoms with Gasteiger partial charge in [-0.25, -0.2) is 13.8 Å². The lowest BCUT2D eigenvalue weighted by Gasteiger charge is -2.43. The number of benzene rings is 2. The van der Waals surface area contributed by atoms with Crippen molar-refractivity contribution in [2.45, 2.75) is 50.9 Å². The molecule has 0 bridgehead atoms. The highest BCUT2D eigenvalue weighted by Crippen LogP contribution is 2.40. The predicted molar refractivity (Wildman–Crippen MR) is 177 cm³/mol. The molecule has 0 saturated carbocycles. The number of carbonyl (C=O) groups is 1. The van der Waals surface area contributed by atoms with E-state index in [2.05, 4.69) is 54.8 Å². The van der Waals surface area contributed by atoms with Crippen LogP contribution in [0.15, 0.2) is 48.8 Å². The number of alkyl halides is 1. The van der Waals surface area contributed by atoms with Gasteiger partial charge < -0.3 is 24.3 Å². The van der Waals surface area contributed by atoms with E-state index in [0.29, 0.717) is 44.6 Å². The van der Waals surface area contributed by atoms with Crippen molar-refractivity contribution in [3.63, 3.8) is 0 Å². The van der Waals surface area contributed by atoms with Crippen LogP contribution in [0.3, 0.4) is 0 Å². The number of halogens is 2. The number of hydrogen-bond donors (Lipinski definition) is 0. The Hall–Kier alpha value is -4.74. The third-order valence-corrected chi connectivity index (χ3v) is 9.64. The van der Waals surface area contributed by atoms with Gasteiger partial charge in [0, 0.05) is 49.4 Å². The molecule has 0 aliphatic carbocycles. The van der Waals surface area contributed by atoms with Crippen molar-refractivity contribution in [1.29, 1.82) is 10.5 Å². The second kappa shape index (κ2) is 13.2. The molecule has 2 atom stereocenters. The fourth-order valence-electron chi connectivity index (χ4n) is 7.45. The summed E-state index contributed by atoms with van der Waals surface area (Å²) in [5, 5.41) is 22.4. The summed E-state index contributed by atoms with van der Waals surface area (Å²) < 4.78 is 36.0. The number of carbonyl (C=O) groups excluding carboxylic acids is 1. The molecule has 3 aliphatic heterocycles. The number of fused-ring (bicyclic) bond motifs is 2. The number of likely N-dealkylation sites (tertiary alicyclic amines) is 1. The van der Waals surface area contributed by atoms with Gasteiger partial charge in [0.2, 0.25) is 5.88 Å². The molecule has 2 fully saturated rings. The van der Waals surface area contributed by atoms with Crippen LogP contribution < -0.4 is 14.5 Å². The molecule has 11 heteroatoms. The summed E-state index contributed by atoms with van der Waals surface area (Å²) in [6.45, 7) is 7.84. The summed E-state index contributed by atoms with van der Waals surface area (Å²) in [5.74, 6) is -1.83. The molecule has 2 saturated heterocycles. The molecule has 6 rings (SSSR count). The minimum atomic E-state index is -1.58. The zero-order valence-electron chi connectivity index (χ0n) is 26.9. The number of nitriles is 2. The molecule has 3 aromatic rings. The van der Waals surface area contributed by atoms with E-state index in [1.54, 1.807) is 0 Å². The van der Waals surface area contributed by atoms with Crippen molar-refractivity contribution in [3.8, 4) is 18.0 Å². The molecule has 1 amide bonds. The van der Waals surface area contributed by atoms with E-state index in [4.69, 9.17) is 9.72 Å². The lowest BCUT2D eigenvalue weighted by molar-refractivity contribution is -0.131. The van der Waals surface area contributed by atoms with Gasteiger partial charge in [-0.2, -0.15) is 10.5 Å². The molecule has 47 heavy (non-hydrogen) atoms. The number of piperazine rings is 1. The number of amides is 1. The third kappa shape index (κ3) is 6.33. The monoisotopic (exact) mass is 639 g/mol. The lowest BCUT2D eigenvalue weighted by Crippen LogP contribution is -2.55. The molecule has 0 spiro atoms. The number of hydrogen-bond acceptors (Lipinski definition) is 8. The summed E-state index contributed by atoms with van der Waals surface area (Å²) >= 11 is 0. The third-order valence-electron chi connectivity index (χ3n) is 9.64. The van der Waals surface area contributed by atoms with Gasteiger partial charge in [-0.15, -0.1) is 0 Å². The number of ether oxygens (including phenoxy) is 1. The van der Waals surface area contributed by atoms with Crippen molar-refractivity contribution < 1.29 is 18.3 Å². The van der Waals surface area contributed by atoms with Crippen LogP contribution in [0.1, 0.15) is 41.6 Å². The van der Waals surface area contributed by atoms with Crippen LogP contribution in [0.2, 0.25) is 0 Å². The molecule has 9 nitrogen and oxygen atoms in total. The largest absolute Gasteiger partial charge is 0.473 e. The number of aryl methyl sites for hydroxylation is 1. The molecule has 0 N–H and O–H groups in total. The van der Waals surface area contributed by atoms with Gasteiger partial charge in [0.25, 0.3) is 5.91 Å². The molecule has 0 radical (unpaired) electrons. The Labute approximate surface area is 274 Å². The van der Waals surface area contributed by atoms with E-state index in [1.165, 1.54) is 15.8 Å². The molecule has 244 valence electrons. The summed E-state index contributed by atoms with van der Waals surface area (Å²) in [5.41, 5.74) is 3.12. The first-order chi connectivity index (χ1) is 22.6. The fourth-order valence-corrected chi connectivity index (χ4v) is 7.45. The zero-order valence-corrected chi connectivity index (χ0v) is 26.9. The van der Waals surface area contributed by atoms with Gasteiger partial charge >= 0.3 is 0 Å². The van der Waals surface area contributed by atoms with E-state index < -0.39 is 23.4 Å². The van der Waals surface area contributed by atoms with Crippen molar-refractivity contribution in [2.24, 2.45) is 0 Å². The van der Waals surface area contributed by atoms with Gasteiger partial charge in [-0.1, -0.05) is 36.9 Å². The second-order valence-electron chi connectivity index (χ2n) is 12.9. The maximum atomic E-state index is 15.9. The van der Waals surface area contributed by atoms with Crippen LogP contribution in [0.4, 0.5) is 20.2 Å². The van der Waals surface area contributed by atoms with E-state index in [1.807, 2.05) is 29.0 Å². The highest BCUT2D eigenvalue weighted by atomic mass is 19.1. The Kier molecular flexibility index (Phi) is 9.03. The molecular weight excluding hydrogens is 600 g/mol. The minimum absolute atomic E-state index is 0.0138. The average molecular weight is 640 g/mol. The molecule has 4 heterocycles. The van der Waals surface area contributed by atoms with E-state index in [0.717, 1.165) is 28.9 Å². The van der Waals surface area contributed by atoms with Crippen LogP contribution in [0.5, 0.6) is 5.88 Å². The first kappa shape index (κ1) is 32.2. The number of anilines is 2. The Morgan fingerprint density at radius 1 is 1.15 bits per heavy atom. The summed E-state index contributed by atoms with van der Waals surface area (Å²) in [6.07, 6.45) is 1.63.